The van der Waals surface area contributed by atoms with Crippen LogP contribution in [-0.4, -0.2) is 15.5 Å². The number of anilines is 1. The molecule has 0 bridgehead atoms. The average Bonchev–Trinajstić information content (AvgIpc) is 2.77. The second-order valence-electron chi connectivity index (χ2n) is 6.64. The highest BCUT2D eigenvalue weighted by Gasteiger charge is 2.13. The van der Waals surface area contributed by atoms with Gasteiger partial charge in [0.25, 0.3) is 11.5 Å². The van der Waals surface area contributed by atoms with E-state index in [9.17, 15) is 9.59 Å². The molecule has 0 fully saturated rings. The van der Waals surface area contributed by atoms with Crippen molar-refractivity contribution >= 4 is 22.5 Å². The van der Waals surface area contributed by atoms with E-state index in [2.05, 4.69) is 10.4 Å². The predicted octanol–water partition coefficient (Wildman–Crippen LogP) is 3.13. The highest BCUT2D eigenvalue weighted by atomic mass is 16.2. The maximum Gasteiger partial charge on any atom is 0.261 e. The molecule has 0 radical (unpaired) electrons. The number of hydrogen-bond acceptors (Lipinski definition) is 4. The van der Waals surface area contributed by atoms with Crippen molar-refractivity contribution in [1.82, 2.24) is 15.0 Å². The van der Waals surface area contributed by atoms with Gasteiger partial charge in [-0.15, -0.1) is 0 Å². The third-order valence-corrected chi connectivity index (χ3v) is 4.56. The second-order valence-corrected chi connectivity index (χ2v) is 6.64. The van der Waals surface area contributed by atoms with Crippen LogP contribution in [0.15, 0.2) is 96.1 Å². The van der Waals surface area contributed by atoms with Gasteiger partial charge in [-0.25, -0.2) is 4.98 Å². The van der Waals surface area contributed by atoms with Gasteiger partial charge >= 0.3 is 0 Å². The van der Waals surface area contributed by atoms with Crippen LogP contribution in [-0.2, 0) is 17.9 Å². The number of rotatable bonds is 6. The Labute approximate surface area is 168 Å². The minimum atomic E-state index is -0.302. The highest BCUT2D eigenvalue weighted by Crippen LogP contribution is 2.14. The summed E-state index contributed by atoms with van der Waals surface area (Å²) in [5, 5.41) is 2.27. The summed E-state index contributed by atoms with van der Waals surface area (Å²) < 4.78 is 1.32. The Balaban J connectivity index is 1.55. The van der Waals surface area contributed by atoms with Crippen molar-refractivity contribution in [2.75, 3.05) is 5.01 Å². The van der Waals surface area contributed by atoms with Gasteiger partial charge in [-0.05, 0) is 29.8 Å². The van der Waals surface area contributed by atoms with Crippen LogP contribution in [0.1, 0.15) is 5.56 Å². The van der Waals surface area contributed by atoms with E-state index in [1.165, 1.54) is 10.9 Å². The molecule has 144 valence electrons. The van der Waals surface area contributed by atoms with Gasteiger partial charge in [0.1, 0.15) is 6.54 Å². The number of nitrogens with zero attached hydrogens (tertiary/aromatic N) is 3. The fourth-order valence-corrected chi connectivity index (χ4v) is 3.13. The van der Waals surface area contributed by atoms with E-state index >= 15 is 0 Å². The fourth-order valence-electron chi connectivity index (χ4n) is 3.13. The first kappa shape index (κ1) is 18.4. The number of carbonyl (C=O) groups excluding carboxylic acids is 1. The number of hydrogen-bond donors (Lipinski definition) is 1. The maximum absolute atomic E-state index is 12.7. The van der Waals surface area contributed by atoms with Gasteiger partial charge in [0.05, 0.1) is 29.5 Å². The van der Waals surface area contributed by atoms with Crippen molar-refractivity contribution in [2.24, 2.45) is 0 Å². The van der Waals surface area contributed by atoms with E-state index in [1.54, 1.807) is 23.2 Å². The van der Waals surface area contributed by atoms with Gasteiger partial charge in [0.15, 0.2) is 0 Å². The minimum Gasteiger partial charge on any atom is -0.289 e. The summed E-state index contributed by atoms with van der Waals surface area (Å²) in [6, 6.07) is 26.6. The minimum absolute atomic E-state index is 0.116. The van der Waals surface area contributed by atoms with Crippen LogP contribution in [0, 0.1) is 0 Å². The predicted molar refractivity (Wildman–Crippen MR) is 113 cm³/mol. The zero-order valence-electron chi connectivity index (χ0n) is 15.7. The molecule has 1 heterocycles. The van der Waals surface area contributed by atoms with Crippen LogP contribution < -0.4 is 16.0 Å². The lowest BCUT2D eigenvalue weighted by Crippen LogP contribution is -2.44. The zero-order valence-corrected chi connectivity index (χ0v) is 15.7. The molecule has 0 unspecified atom stereocenters. The summed E-state index contributed by atoms with van der Waals surface area (Å²) in [7, 11) is 0. The van der Waals surface area contributed by atoms with E-state index < -0.39 is 0 Å². The molecule has 1 N–H and O–H groups in total. The third kappa shape index (κ3) is 4.32. The Bertz CT molecular complexity index is 1170. The van der Waals surface area contributed by atoms with Crippen molar-refractivity contribution in [3.8, 4) is 0 Å². The summed E-state index contributed by atoms with van der Waals surface area (Å²) in [5.74, 6) is -0.302. The van der Waals surface area contributed by atoms with Gasteiger partial charge in [-0.1, -0.05) is 60.7 Å². The first-order chi connectivity index (χ1) is 14.2. The second kappa shape index (κ2) is 8.39. The van der Waals surface area contributed by atoms with Crippen molar-refractivity contribution in [3.63, 3.8) is 0 Å². The fraction of sp³-hybridized carbons (Fsp3) is 0.0870. The van der Waals surface area contributed by atoms with Crippen LogP contribution >= 0.6 is 0 Å². The zero-order chi connectivity index (χ0) is 20.1. The number of amides is 1. The molecule has 4 aromatic rings. The summed E-state index contributed by atoms with van der Waals surface area (Å²) >= 11 is 0. The summed E-state index contributed by atoms with van der Waals surface area (Å²) in [5.41, 5.74) is 5.20. The van der Waals surface area contributed by atoms with E-state index in [-0.39, 0.29) is 18.0 Å². The number of nitrogens with one attached hydrogen (secondary N) is 1. The number of carbonyl (C=O) groups is 1. The molecule has 3 aromatic carbocycles. The van der Waals surface area contributed by atoms with Crippen molar-refractivity contribution in [1.29, 1.82) is 0 Å². The van der Waals surface area contributed by atoms with Crippen LogP contribution in [0.3, 0.4) is 0 Å². The topological polar surface area (TPSA) is 67.2 Å². The highest BCUT2D eigenvalue weighted by molar-refractivity contribution is 5.79. The average molecular weight is 384 g/mol. The number of para-hydroxylation sites is 2. The first-order valence-corrected chi connectivity index (χ1v) is 9.31. The molecular weight excluding hydrogens is 364 g/mol. The molecule has 1 amide bonds. The van der Waals surface area contributed by atoms with E-state index in [1.807, 2.05) is 66.7 Å². The molecule has 6 heteroatoms. The van der Waals surface area contributed by atoms with Gasteiger partial charge < -0.3 is 0 Å². The third-order valence-electron chi connectivity index (χ3n) is 4.56. The molecule has 0 saturated carbocycles. The summed E-state index contributed by atoms with van der Waals surface area (Å²) in [6.07, 6.45) is 1.41. The molecular formula is C23H20N4O2. The molecule has 6 nitrogen and oxygen atoms in total. The number of hydrazine groups is 1. The number of fused-ring (bicyclic) bond motifs is 1. The Hall–Kier alpha value is -3.93. The van der Waals surface area contributed by atoms with Crippen molar-refractivity contribution in [2.45, 2.75) is 13.1 Å². The lowest BCUT2D eigenvalue weighted by Gasteiger charge is -2.25. The molecule has 0 aliphatic carbocycles. The first-order valence-electron chi connectivity index (χ1n) is 9.31. The molecule has 29 heavy (non-hydrogen) atoms. The smallest absolute Gasteiger partial charge is 0.261 e. The van der Waals surface area contributed by atoms with Crippen LogP contribution in [0.5, 0.6) is 0 Å². The maximum atomic E-state index is 12.7. The molecule has 0 aliphatic rings. The Morgan fingerprint density at radius 3 is 2.31 bits per heavy atom. The van der Waals surface area contributed by atoms with Crippen LogP contribution in [0.4, 0.5) is 5.69 Å². The van der Waals surface area contributed by atoms with Crippen LogP contribution in [0.25, 0.3) is 10.9 Å². The number of benzene rings is 3. The molecule has 4 rings (SSSR count). The monoisotopic (exact) mass is 384 g/mol. The largest absolute Gasteiger partial charge is 0.289 e. The van der Waals surface area contributed by atoms with Gasteiger partial charge in [-0.2, -0.15) is 0 Å². The summed E-state index contributed by atoms with van der Waals surface area (Å²) in [6.45, 7) is 0.385. The van der Waals surface area contributed by atoms with Gasteiger partial charge in [0.2, 0.25) is 0 Å². The van der Waals surface area contributed by atoms with Crippen LogP contribution in [0.2, 0.25) is 0 Å². The molecule has 0 spiro atoms. The molecule has 0 atom stereocenters. The Morgan fingerprint density at radius 2 is 1.55 bits per heavy atom. The Kier molecular flexibility index (Phi) is 5.33. The summed E-state index contributed by atoms with van der Waals surface area (Å²) in [4.78, 5) is 29.6. The van der Waals surface area contributed by atoms with E-state index in [0.29, 0.717) is 17.4 Å². The van der Waals surface area contributed by atoms with Crippen molar-refractivity contribution in [3.05, 3.63) is 107 Å². The normalized spacial score (nSPS) is 10.6. The molecule has 0 aliphatic heterocycles. The number of aromatic nitrogens is 2. The van der Waals surface area contributed by atoms with Gasteiger partial charge in [0, 0.05) is 0 Å². The SMILES string of the molecule is O=C(Cn1cnc2ccccc2c1=O)NN(Cc1ccccc1)c1ccccc1. The van der Waals surface area contributed by atoms with Crippen molar-refractivity contribution < 1.29 is 4.79 Å². The Morgan fingerprint density at radius 1 is 0.897 bits per heavy atom. The molecule has 1 aromatic heterocycles. The lowest BCUT2D eigenvalue weighted by molar-refractivity contribution is -0.121. The lowest BCUT2D eigenvalue weighted by atomic mass is 10.2. The molecule has 0 saturated heterocycles. The van der Waals surface area contributed by atoms with E-state index in [4.69, 9.17) is 0 Å². The van der Waals surface area contributed by atoms with E-state index in [0.717, 1.165) is 11.3 Å². The quantitative estimate of drug-likeness (QED) is 0.519. The van der Waals surface area contributed by atoms with Gasteiger partial charge in [-0.3, -0.25) is 24.6 Å². The standard InChI is InChI=1S/C23H20N4O2/c28-22(16-26-17-24-21-14-8-7-13-20(21)23(26)29)25-27(19-11-5-2-6-12-19)15-18-9-3-1-4-10-18/h1-14,17H,15-16H2,(H,25,28).